The van der Waals surface area contributed by atoms with Crippen molar-refractivity contribution < 1.29 is 4.74 Å². The van der Waals surface area contributed by atoms with Crippen LogP contribution in [0.3, 0.4) is 0 Å². The second-order valence-electron chi connectivity index (χ2n) is 5.39. The number of hydrogen-bond acceptors (Lipinski definition) is 3. The van der Waals surface area contributed by atoms with Crippen molar-refractivity contribution in [3.05, 3.63) is 72.0 Å². The van der Waals surface area contributed by atoms with Crippen LogP contribution in [0.1, 0.15) is 32.3 Å². The van der Waals surface area contributed by atoms with E-state index in [4.69, 9.17) is 10.1 Å². The Labute approximate surface area is 136 Å². The molecule has 3 heteroatoms. The summed E-state index contributed by atoms with van der Waals surface area (Å²) in [5, 5.41) is 8.64. The molecule has 2 rings (SSSR count). The Morgan fingerprint density at radius 3 is 2.27 bits per heavy atom. The number of para-hydroxylation sites is 1. The van der Waals surface area contributed by atoms with Crippen LogP contribution in [-0.2, 0) is 0 Å². The molecule has 2 aromatic rings. The van der Waals surface area contributed by atoms with Crippen molar-refractivity contribution in [3.8, 4) is 5.75 Å². The molecule has 0 aromatic heterocycles. The molecule has 0 unspecified atom stereocenters. The number of benzene rings is 2. The van der Waals surface area contributed by atoms with E-state index in [1.165, 1.54) is 17.3 Å². The number of hydrogen-bond donors (Lipinski definition) is 1. The average Bonchev–Trinajstić information content (AvgIpc) is 2.54. The van der Waals surface area contributed by atoms with Crippen LogP contribution in [-0.4, -0.2) is 5.04 Å². The van der Waals surface area contributed by atoms with Gasteiger partial charge in [-0.15, -0.1) is 0 Å². The Bertz CT molecular complexity index is 645. The Hall–Kier alpha value is -2.00. The van der Waals surface area contributed by atoms with Crippen LogP contribution in [0.5, 0.6) is 5.75 Å². The average molecular weight is 311 g/mol. The maximum atomic E-state index is 8.15. The minimum absolute atomic E-state index is 0.494. The number of ether oxygens (including phenoxy) is 1. The summed E-state index contributed by atoms with van der Waals surface area (Å²) in [6.45, 7) is 6.25. The molecule has 0 aliphatic heterocycles. The molecular weight excluding hydrogens is 290 g/mol. The summed E-state index contributed by atoms with van der Waals surface area (Å²) in [5.74, 6) is 1.31. The SMILES string of the molecule is CC(=COc1ccccc1)C(=N)Sc1ccc(C(C)C)cc1. The monoisotopic (exact) mass is 311 g/mol. The summed E-state index contributed by atoms with van der Waals surface area (Å²) < 4.78 is 5.56. The zero-order chi connectivity index (χ0) is 15.9. The van der Waals surface area contributed by atoms with Crippen LogP contribution in [0.15, 0.2) is 71.3 Å². The lowest BCUT2D eigenvalue weighted by Crippen LogP contribution is -1.95. The van der Waals surface area contributed by atoms with Crippen LogP contribution in [0.4, 0.5) is 0 Å². The highest BCUT2D eigenvalue weighted by Gasteiger charge is 2.05. The fourth-order valence-electron chi connectivity index (χ4n) is 1.83. The molecular formula is C19H21NOS. The van der Waals surface area contributed by atoms with E-state index < -0.39 is 0 Å². The highest BCUT2D eigenvalue weighted by Crippen LogP contribution is 2.25. The second kappa shape index (κ2) is 7.85. The maximum absolute atomic E-state index is 8.15. The van der Waals surface area contributed by atoms with Gasteiger partial charge in [0.2, 0.25) is 0 Å². The van der Waals surface area contributed by atoms with Gasteiger partial charge in [-0.1, -0.05) is 55.9 Å². The lowest BCUT2D eigenvalue weighted by atomic mass is 10.0. The van der Waals surface area contributed by atoms with Crippen LogP contribution in [0.2, 0.25) is 0 Å². The van der Waals surface area contributed by atoms with Gasteiger partial charge in [0.25, 0.3) is 0 Å². The largest absolute Gasteiger partial charge is 0.465 e. The van der Waals surface area contributed by atoms with Crippen molar-refractivity contribution in [2.24, 2.45) is 0 Å². The predicted molar refractivity (Wildman–Crippen MR) is 94.9 cm³/mol. The van der Waals surface area contributed by atoms with Gasteiger partial charge in [-0.05, 0) is 42.7 Å². The summed E-state index contributed by atoms with van der Waals surface area (Å²) in [5.41, 5.74) is 2.12. The molecule has 0 amide bonds. The van der Waals surface area contributed by atoms with Gasteiger partial charge < -0.3 is 4.74 Å². The molecule has 0 saturated carbocycles. The highest BCUT2D eigenvalue weighted by molar-refractivity contribution is 8.14. The first kappa shape index (κ1) is 16.4. The Morgan fingerprint density at radius 1 is 1.05 bits per heavy atom. The van der Waals surface area contributed by atoms with Gasteiger partial charge in [0, 0.05) is 10.5 Å². The Morgan fingerprint density at radius 2 is 1.68 bits per heavy atom. The fourth-order valence-corrected chi connectivity index (χ4v) is 2.55. The third kappa shape index (κ3) is 4.78. The standard InChI is InChI=1S/C19H21NOS/c1-14(2)16-9-11-18(12-10-16)22-19(20)15(3)13-21-17-7-5-4-6-8-17/h4-14,20H,1-3H3. The number of rotatable bonds is 5. The summed E-state index contributed by atoms with van der Waals surface area (Å²) >= 11 is 1.44. The molecule has 0 spiro atoms. The first-order chi connectivity index (χ1) is 10.6. The summed E-state index contributed by atoms with van der Waals surface area (Å²) in [7, 11) is 0. The molecule has 0 aliphatic carbocycles. The highest BCUT2D eigenvalue weighted by atomic mass is 32.2. The lowest BCUT2D eigenvalue weighted by Gasteiger charge is -2.08. The van der Waals surface area contributed by atoms with Gasteiger partial charge in [-0.2, -0.15) is 0 Å². The summed E-state index contributed by atoms with van der Waals surface area (Å²) in [4.78, 5) is 1.07. The topological polar surface area (TPSA) is 33.1 Å². The Balaban J connectivity index is 1.96. The number of nitrogens with one attached hydrogen (secondary N) is 1. The summed E-state index contributed by atoms with van der Waals surface area (Å²) in [6.07, 6.45) is 1.63. The molecule has 114 valence electrons. The van der Waals surface area contributed by atoms with Crippen LogP contribution in [0.25, 0.3) is 0 Å². The Kier molecular flexibility index (Phi) is 5.84. The van der Waals surface area contributed by atoms with E-state index in [1.54, 1.807) is 6.26 Å². The van der Waals surface area contributed by atoms with Crippen molar-refractivity contribution in [1.29, 1.82) is 5.41 Å². The lowest BCUT2D eigenvalue weighted by molar-refractivity contribution is 0.478. The van der Waals surface area contributed by atoms with Gasteiger partial charge >= 0.3 is 0 Å². The van der Waals surface area contributed by atoms with Gasteiger partial charge in [0.05, 0.1) is 11.3 Å². The first-order valence-electron chi connectivity index (χ1n) is 7.31. The van der Waals surface area contributed by atoms with E-state index >= 15 is 0 Å². The maximum Gasteiger partial charge on any atom is 0.126 e. The minimum Gasteiger partial charge on any atom is -0.465 e. The van der Waals surface area contributed by atoms with E-state index in [9.17, 15) is 0 Å². The van der Waals surface area contributed by atoms with Crippen molar-refractivity contribution in [2.75, 3.05) is 0 Å². The van der Waals surface area contributed by atoms with Crippen molar-refractivity contribution in [2.45, 2.75) is 31.6 Å². The molecule has 22 heavy (non-hydrogen) atoms. The van der Waals surface area contributed by atoms with E-state index in [1.807, 2.05) is 37.3 Å². The molecule has 0 saturated heterocycles. The molecule has 0 atom stereocenters. The minimum atomic E-state index is 0.494. The van der Waals surface area contributed by atoms with E-state index in [2.05, 4.69) is 38.1 Å². The fraction of sp³-hybridized carbons (Fsp3) is 0.211. The molecule has 1 N–H and O–H groups in total. The molecule has 2 nitrogen and oxygen atoms in total. The van der Waals surface area contributed by atoms with E-state index in [-0.39, 0.29) is 0 Å². The molecule has 0 fully saturated rings. The van der Waals surface area contributed by atoms with E-state index in [0.717, 1.165) is 16.2 Å². The van der Waals surface area contributed by atoms with Crippen LogP contribution >= 0.6 is 11.8 Å². The van der Waals surface area contributed by atoms with Gasteiger partial charge in [-0.25, -0.2) is 0 Å². The molecule has 2 aromatic carbocycles. The predicted octanol–water partition coefficient (Wildman–Crippen LogP) is 5.86. The van der Waals surface area contributed by atoms with Crippen molar-refractivity contribution >= 4 is 16.8 Å². The third-order valence-electron chi connectivity index (χ3n) is 3.24. The smallest absolute Gasteiger partial charge is 0.126 e. The summed E-state index contributed by atoms with van der Waals surface area (Å²) in [6, 6.07) is 18.0. The zero-order valence-electron chi connectivity index (χ0n) is 13.2. The van der Waals surface area contributed by atoms with Crippen LogP contribution < -0.4 is 4.74 Å². The normalized spacial score (nSPS) is 11.5. The molecule has 0 heterocycles. The van der Waals surface area contributed by atoms with Gasteiger partial charge in [0.1, 0.15) is 5.75 Å². The first-order valence-corrected chi connectivity index (χ1v) is 8.13. The second-order valence-corrected chi connectivity index (χ2v) is 6.47. The zero-order valence-corrected chi connectivity index (χ0v) is 14.0. The molecule has 0 radical (unpaired) electrons. The quantitative estimate of drug-likeness (QED) is 0.324. The third-order valence-corrected chi connectivity index (χ3v) is 4.27. The number of thioether (sulfide) groups is 1. The van der Waals surface area contributed by atoms with Gasteiger partial charge in [0.15, 0.2) is 0 Å². The molecule has 0 bridgehead atoms. The van der Waals surface area contributed by atoms with Gasteiger partial charge in [-0.3, -0.25) is 5.41 Å². The van der Waals surface area contributed by atoms with E-state index in [0.29, 0.717) is 11.0 Å². The van der Waals surface area contributed by atoms with Crippen molar-refractivity contribution in [1.82, 2.24) is 0 Å². The van der Waals surface area contributed by atoms with Crippen molar-refractivity contribution in [3.63, 3.8) is 0 Å². The molecule has 0 aliphatic rings. The van der Waals surface area contributed by atoms with Crippen LogP contribution in [0, 0.1) is 5.41 Å².